The molecule has 0 spiro atoms. The van der Waals surface area contributed by atoms with E-state index in [1.807, 2.05) is 12.1 Å². The van der Waals surface area contributed by atoms with E-state index in [4.69, 9.17) is 16.6 Å². The van der Waals surface area contributed by atoms with Crippen LogP contribution in [-0.2, 0) is 13.0 Å². The van der Waals surface area contributed by atoms with Gasteiger partial charge in [0.1, 0.15) is 4.83 Å². The lowest BCUT2D eigenvalue weighted by molar-refractivity contribution is 0.318. The highest BCUT2D eigenvalue weighted by Crippen LogP contribution is 2.33. The molecule has 1 N–H and O–H groups in total. The Morgan fingerprint density at radius 3 is 2.76 bits per heavy atom. The number of thiophene rings is 1. The van der Waals surface area contributed by atoms with Crippen LogP contribution in [0.4, 0.5) is 5.95 Å². The van der Waals surface area contributed by atoms with Gasteiger partial charge < -0.3 is 15.1 Å². The average Bonchev–Trinajstić information content (AvgIpc) is 3.03. The van der Waals surface area contributed by atoms with Gasteiger partial charge in [-0.25, -0.2) is 9.55 Å². The summed E-state index contributed by atoms with van der Waals surface area (Å²) < 4.78 is 1.69. The molecule has 3 aromatic rings. The number of benzene rings is 1. The fraction of sp³-hybridized carbons (Fsp3) is 0.429. The molecule has 4 rings (SSSR count). The fourth-order valence-corrected chi connectivity index (χ4v) is 5.13. The highest BCUT2D eigenvalue weighted by Gasteiger charge is 2.24. The van der Waals surface area contributed by atoms with Gasteiger partial charge >= 0.3 is 0 Å². The first-order valence-corrected chi connectivity index (χ1v) is 11.0. The Balaban J connectivity index is 1.82. The van der Waals surface area contributed by atoms with Gasteiger partial charge in [-0.15, -0.1) is 11.3 Å². The quantitative estimate of drug-likeness (QED) is 0.606. The zero-order valence-corrected chi connectivity index (χ0v) is 18.6. The number of aromatic nitrogens is 2. The Labute approximate surface area is 179 Å². The molecule has 1 aliphatic heterocycles. The number of fused-ring (bicyclic) bond motifs is 3. The number of nitrogens with one attached hydrogen (secondary N) is 1. The lowest BCUT2D eigenvalue weighted by atomic mass is 10.1. The third-order valence-corrected chi connectivity index (χ3v) is 6.58. The molecule has 3 heterocycles. The van der Waals surface area contributed by atoms with Crippen LogP contribution in [0, 0.1) is 0 Å². The molecule has 0 fully saturated rings. The summed E-state index contributed by atoms with van der Waals surface area (Å²) in [5.74, 6) is 0.593. The molecule has 0 unspecified atom stereocenters. The Morgan fingerprint density at radius 1 is 1.28 bits per heavy atom. The van der Waals surface area contributed by atoms with Crippen LogP contribution in [-0.4, -0.2) is 60.1 Å². The summed E-state index contributed by atoms with van der Waals surface area (Å²) in [4.78, 5) is 25.0. The standard InChI is InChI=1S/C21H26ClN5OS/c1-25(2)11-4-10-23-21-24-19-18(16-9-12-26(3)13-17(16)29-19)20(28)27(21)15-7-5-14(22)6-8-15/h5-8H,4,9-13H2,1-3H3,(H,23,24). The molecule has 2 aromatic heterocycles. The van der Waals surface area contributed by atoms with Gasteiger partial charge in [-0.05, 0) is 70.4 Å². The zero-order chi connectivity index (χ0) is 20.5. The number of hydrogen-bond donors (Lipinski definition) is 1. The minimum absolute atomic E-state index is 0.00511. The van der Waals surface area contributed by atoms with Crippen LogP contribution < -0.4 is 10.9 Å². The van der Waals surface area contributed by atoms with Crippen molar-refractivity contribution < 1.29 is 0 Å². The molecular formula is C21H26ClN5OS. The second kappa shape index (κ2) is 8.44. The van der Waals surface area contributed by atoms with Crippen LogP contribution in [0.15, 0.2) is 29.1 Å². The van der Waals surface area contributed by atoms with Crippen molar-refractivity contribution in [3.05, 3.63) is 50.1 Å². The second-order valence-corrected chi connectivity index (χ2v) is 9.33. The normalized spacial score (nSPS) is 14.5. The van der Waals surface area contributed by atoms with Crippen molar-refractivity contribution in [2.24, 2.45) is 0 Å². The average molecular weight is 432 g/mol. The third-order valence-electron chi connectivity index (χ3n) is 5.22. The number of halogens is 1. The van der Waals surface area contributed by atoms with Crippen LogP contribution in [0.1, 0.15) is 16.9 Å². The van der Waals surface area contributed by atoms with Gasteiger partial charge in [-0.2, -0.15) is 0 Å². The van der Waals surface area contributed by atoms with E-state index in [1.54, 1.807) is 28.0 Å². The minimum Gasteiger partial charge on any atom is -0.355 e. The summed E-state index contributed by atoms with van der Waals surface area (Å²) in [5.41, 5.74) is 1.94. The molecule has 1 aliphatic rings. The number of rotatable bonds is 6. The van der Waals surface area contributed by atoms with E-state index in [0.29, 0.717) is 11.0 Å². The first-order chi connectivity index (χ1) is 13.9. The monoisotopic (exact) mass is 431 g/mol. The molecule has 0 saturated carbocycles. The maximum atomic E-state index is 13.6. The summed E-state index contributed by atoms with van der Waals surface area (Å²) in [5, 5.41) is 4.81. The van der Waals surface area contributed by atoms with Crippen LogP contribution in [0.2, 0.25) is 5.02 Å². The highest BCUT2D eigenvalue weighted by molar-refractivity contribution is 7.18. The van der Waals surface area contributed by atoms with Gasteiger partial charge in [0.25, 0.3) is 5.56 Å². The molecule has 0 aliphatic carbocycles. The van der Waals surface area contributed by atoms with Crippen molar-refractivity contribution in [2.45, 2.75) is 19.4 Å². The van der Waals surface area contributed by atoms with Crippen molar-refractivity contribution in [3.8, 4) is 5.69 Å². The van der Waals surface area contributed by atoms with Crippen LogP contribution in [0.5, 0.6) is 0 Å². The van der Waals surface area contributed by atoms with E-state index in [2.05, 4.69) is 36.3 Å². The molecule has 6 nitrogen and oxygen atoms in total. The minimum atomic E-state index is -0.00511. The van der Waals surface area contributed by atoms with Crippen LogP contribution in [0.25, 0.3) is 15.9 Å². The molecule has 154 valence electrons. The summed E-state index contributed by atoms with van der Waals surface area (Å²) in [7, 11) is 6.23. The predicted octanol–water partition coefficient (Wildman–Crippen LogP) is 3.45. The van der Waals surface area contributed by atoms with Gasteiger partial charge in [0.15, 0.2) is 0 Å². The molecule has 0 bridgehead atoms. The first kappa shape index (κ1) is 20.3. The van der Waals surface area contributed by atoms with E-state index in [0.717, 1.165) is 54.9 Å². The van der Waals surface area contributed by atoms with E-state index in [1.165, 1.54) is 10.4 Å². The Kier molecular flexibility index (Phi) is 5.92. The van der Waals surface area contributed by atoms with Gasteiger partial charge in [0.05, 0.1) is 11.1 Å². The van der Waals surface area contributed by atoms with Gasteiger partial charge in [-0.1, -0.05) is 11.6 Å². The second-order valence-electron chi connectivity index (χ2n) is 7.81. The largest absolute Gasteiger partial charge is 0.355 e. The first-order valence-electron chi connectivity index (χ1n) is 9.84. The van der Waals surface area contributed by atoms with Crippen LogP contribution in [0.3, 0.4) is 0 Å². The van der Waals surface area contributed by atoms with E-state index >= 15 is 0 Å². The lowest BCUT2D eigenvalue weighted by Crippen LogP contribution is -2.28. The van der Waals surface area contributed by atoms with E-state index in [-0.39, 0.29) is 5.56 Å². The maximum absolute atomic E-state index is 13.6. The molecule has 1 aromatic carbocycles. The fourth-order valence-electron chi connectivity index (χ4n) is 3.71. The Morgan fingerprint density at radius 2 is 2.03 bits per heavy atom. The number of hydrogen-bond acceptors (Lipinski definition) is 6. The summed E-state index contributed by atoms with van der Waals surface area (Å²) in [6.07, 6.45) is 1.85. The molecule has 0 saturated heterocycles. The number of nitrogens with zero attached hydrogens (tertiary/aromatic N) is 4. The summed E-state index contributed by atoms with van der Waals surface area (Å²) in [6.45, 7) is 3.56. The van der Waals surface area contributed by atoms with Crippen molar-refractivity contribution in [1.29, 1.82) is 0 Å². The molecule has 0 radical (unpaired) electrons. The number of likely N-dealkylation sites (N-methyl/N-ethyl adjacent to an activating group) is 1. The molecule has 0 atom stereocenters. The van der Waals surface area contributed by atoms with Crippen molar-refractivity contribution in [1.82, 2.24) is 19.4 Å². The third kappa shape index (κ3) is 4.19. The van der Waals surface area contributed by atoms with Gasteiger partial charge in [0, 0.05) is 29.5 Å². The van der Waals surface area contributed by atoms with Crippen molar-refractivity contribution >= 4 is 39.1 Å². The van der Waals surface area contributed by atoms with Crippen LogP contribution >= 0.6 is 22.9 Å². The molecule has 29 heavy (non-hydrogen) atoms. The predicted molar refractivity (Wildman–Crippen MR) is 122 cm³/mol. The SMILES string of the molecule is CN(C)CCCNc1nc2sc3c(c2c(=O)n1-c1ccc(Cl)cc1)CCN(C)C3. The highest BCUT2D eigenvalue weighted by atomic mass is 35.5. The zero-order valence-electron chi connectivity index (χ0n) is 17.0. The van der Waals surface area contributed by atoms with E-state index < -0.39 is 0 Å². The lowest BCUT2D eigenvalue weighted by Gasteiger charge is -2.22. The topological polar surface area (TPSA) is 53.4 Å². The smallest absolute Gasteiger partial charge is 0.268 e. The van der Waals surface area contributed by atoms with Crippen molar-refractivity contribution in [3.63, 3.8) is 0 Å². The van der Waals surface area contributed by atoms with Gasteiger partial charge in [0.2, 0.25) is 5.95 Å². The number of anilines is 1. The molecular weight excluding hydrogens is 406 g/mol. The van der Waals surface area contributed by atoms with Crippen molar-refractivity contribution in [2.75, 3.05) is 46.1 Å². The molecule has 0 amide bonds. The summed E-state index contributed by atoms with van der Waals surface area (Å²) >= 11 is 7.72. The Bertz CT molecular complexity index is 1070. The van der Waals surface area contributed by atoms with E-state index in [9.17, 15) is 4.79 Å². The Hall–Kier alpha value is -1.93. The maximum Gasteiger partial charge on any atom is 0.268 e. The van der Waals surface area contributed by atoms with Gasteiger partial charge in [-0.3, -0.25) is 4.79 Å². The summed E-state index contributed by atoms with van der Waals surface area (Å²) in [6, 6.07) is 7.35. The molecule has 8 heteroatoms.